The van der Waals surface area contributed by atoms with Gasteiger partial charge in [0.1, 0.15) is 0 Å². The van der Waals surface area contributed by atoms with Gasteiger partial charge >= 0.3 is 0 Å². The highest BCUT2D eigenvalue weighted by Gasteiger charge is 2.26. The van der Waals surface area contributed by atoms with Gasteiger partial charge in [-0.3, -0.25) is 0 Å². The van der Waals surface area contributed by atoms with E-state index < -0.39 is 9.05 Å². The molecule has 4 nitrogen and oxygen atoms in total. The molecule has 72 valence electrons. The van der Waals surface area contributed by atoms with Gasteiger partial charge in [-0.2, -0.15) is 11.8 Å². The van der Waals surface area contributed by atoms with Gasteiger partial charge in [0.05, 0.1) is 6.04 Å². The lowest BCUT2D eigenvalue weighted by Crippen LogP contribution is -2.24. The molecule has 13 heavy (non-hydrogen) atoms. The summed E-state index contributed by atoms with van der Waals surface area (Å²) in [5.74, 6) is 1.85. The third-order valence-electron chi connectivity index (χ3n) is 1.87. The molecule has 1 aromatic heterocycles. The van der Waals surface area contributed by atoms with Gasteiger partial charge in [0.25, 0.3) is 9.05 Å². The Bertz CT molecular complexity index is 410. The molecular weight excluding hydrogens is 232 g/mol. The Morgan fingerprint density at radius 1 is 1.62 bits per heavy atom. The van der Waals surface area contributed by atoms with Crippen molar-refractivity contribution in [2.45, 2.75) is 11.2 Å². The van der Waals surface area contributed by atoms with E-state index in [1.807, 2.05) is 0 Å². The first-order valence-corrected chi connectivity index (χ1v) is 7.10. The number of hydrogen-bond acceptors (Lipinski definition) is 4. The van der Waals surface area contributed by atoms with Crippen molar-refractivity contribution in [1.82, 2.24) is 9.55 Å². The van der Waals surface area contributed by atoms with Crippen molar-refractivity contribution < 1.29 is 8.42 Å². The van der Waals surface area contributed by atoms with E-state index in [0.29, 0.717) is 0 Å². The Hall–Kier alpha value is -0.200. The molecule has 2 rings (SSSR count). The smallest absolute Gasteiger partial charge is 0.295 e. The average molecular weight is 239 g/mol. The molecule has 2 heterocycles. The number of aromatic nitrogens is 2. The van der Waals surface area contributed by atoms with E-state index in [2.05, 4.69) is 4.98 Å². The van der Waals surface area contributed by atoms with Crippen LogP contribution in [0.4, 0.5) is 0 Å². The molecule has 0 saturated carbocycles. The van der Waals surface area contributed by atoms with Crippen molar-refractivity contribution in [1.29, 1.82) is 0 Å². The number of halogens is 1. The summed E-state index contributed by atoms with van der Waals surface area (Å²) in [5, 5.41) is -0.0422. The highest BCUT2D eigenvalue weighted by atomic mass is 35.7. The predicted molar refractivity (Wildman–Crippen MR) is 51.6 cm³/mol. The van der Waals surface area contributed by atoms with Crippen LogP contribution in [0.15, 0.2) is 17.6 Å². The molecule has 1 aromatic rings. The third-order valence-corrected chi connectivity index (χ3v) is 4.27. The van der Waals surface area contributed by atoms with E-state index in [9.17, 15) is 8.42 Å². The van der Waals surface area contributed by atoms with Crippen LogP contribution in [-0.4, -0.2) is 29.5 Å². The topological polar surface area (TPSA) is 52.0 Å². The summed E-state index contributed by atoms with van der Waals surface area (Å²) in [7, 11) is 1.52. The number of hydrogen-bond donors (Lipinski definition) is 0. The Balaban J connectivity index is 2.41. The van der Waals surface area contributed by atoms with Gasteiger partial charge in [-0.15, -0.1) is 0 Å². The molecule has 7 heteroatoms. The van der Waals surface area contributed by atoms with Crippen molar-refractivity contribution in [3.05, 3.63) is 12.4 Å². The number of imidazole rings is 1. The molecule has 1 aliphatic heterocycles. The van der Waals surface area contributed by atoms with E-state index in [-0.39, 0.29) is 11.2 Å². The summed E-state index contributed by atoms with van der Waals surface area (Å²) in [6.45, 7) is 0. The highest BCUT2D eigenvalue weighted by molar-refractivity contribution is 8.13. The van der Waals surface area contributed by atoms with Crippen LogP contribution in [0.25, 0.3) is 0 Å². The van der Waals surface area contributed by atoms with Crippen molar-refractivity contribution in [2.24, 2.45) is 0 Å². The Labute approximate surface area is 84.7 Å². The SMILES string of the molecule is O=S(=O)(Cl)c1nccn1C1CSC1. The summed E-state index contributed by atoms with van der Waals surface area (Å²) in [5.41, 5.74) is 0. The summed E-state index contributed by atoms with van der Waals surface area (Å²) in [6.07, 6.45) is 3.11. The van der Waals surface area contributed by atoms with E-state index in [0.717, 1.165) is 11.5 Å². The zero-order valence-corrected chi connectivity index (χ0v) is 8.94. The molecule has 0 radical (unpaired) electrons. The molecule has 0 amide bonds. The van der Waals surface area contributed by atoms with Crippen LogP contribution in [-0.2, 0) is 9.05 Å². The summed E-state index contributed by atoms with van der Waals surface area (Å²) < 4.78 is 23.7. The summed E-state index contributed by atoms with van der Waals surface area (Å²) in [6, 6.07) is 0.232. The van der Waals surface area contributed by atoms with Gasteiger partial charge in [-0.05, 0) is 0 Å². The second-order valence-corrected chi connectivity index (χ2v) is 6.28. The summed E-state index contributed by atoms with van der Waals surface area (Å²) >= 11 is 1.78. The predicted octanol–water partition coefficient (Wildman–Crippen LogP) is 1.10. The van der Waals surface area contributed by atoms with Gasteiger partial charge < -0.3 is 4.57 Å². The molecule has 0 unspecified atom stereocenters. The Kier molecular flexibility index (Phi) is 2.29. The fourth-order valence-electron chi connectivity index (χ4n) is 1.15. The first kappa shape index (κ1) is 9.36. The molecular formula is C6H7ClN2O2S2. The van der Waals surface area contributed by atoms with Crippen molar-refractivity contribution in [3.8, 4) is 0 Å². The molecule has 0 bridgehead atoms. The van der Waals surface area contributed by atoms with E-state index in [1.54, 1.807) is 22.5 Å². The second-order valence-electron chi connectivity index (χ2n) is 2.75. The fraction of sp³-hybridized carbons (Fsp3) is 0.500. The lowest BCUT2D eigenvalue weighted by Gasteiger charge is -2.26. The minimum absolute atomic E-state index is 0.0422. The molecule has 0 aliphatic carbocycles. The van der Waals surface area contributed by atoms with Crippen molar-refractivity contribution in [3.63, 3.8) is 0 Å². The van der Waals surface area contributed by atoms with Gasteiger partial charge in [-0.25, -0.2) is 13.4 Å². The second kappa shape index (κ2) is 3.18. The van der Waals surface area contributed by atoms with E-state index in [1.165, 1.54) is 6.20 Å². The molecule has 0 spiro atoms. The zero-order valence-electron chi connectivity index (χ0n) is 6.55. The van der Waals surface area contributed by atoms with E-state index >= 15 is 0 Å². The van der Waals surface area contributed by atoms with Gasteiger partial charge in [-0.1, -0.05) is 0 Å². The molecule has 0 atom stereocenters. The standard InChI is InChI=1S/C6H7ClN2O2S2/c7-13(10,11)6-8-1-2-9(6)5-3-12-4-5/h1-2,5H,3-4H2. The first-order valence-electron chi connectivity index (χ1n) is 3.64. The highest BCUT2D eigenvalue weighted by Crippen LogP contribution is 2.31. The van der Waals surface area contributed by atoms with Crippen LogP contribution in [0.1, 0.15) is 6.04 Å². The monoisotopic (exact) mass is 238 g/mol. The average Bonchev–Trinajstić information content (AvgIpc) is 2.29. The van der Waals surface area contributed by atoms with Crippen LogP contribution in [0.3, 0.4) is 0 Å². The quantitative estimate of drug-likeness (QED) is 0.724. The van der Waals surface area contributed by atoms with Crippen molar-refractivity contribution in [2.75, 3.05) is 11.5 Å². The Morgan fingerprint density at radius 2 is 2.31 bits per heavy atom. The number of nitrogens with zero attached hydrogens (tertiary/aromatic N) is 2. The van der Waals surface area contributed by atoms with Crippen molar-refractivity contribution >= 4 is 31.5 Å². The maximum Gasteiger partial charge on any atom is 0.295 e. The maximum absolute atomic E-state index is 11.0. The van der Waals surface area contributed by atoms with Crippen LogP contribution in [0, 0.1) is 0 Å². The summed E-state index contributed by atoms with van der Waals surface area (Å²) in [4.78, 5) is 3.72. The normalized spacial score (nSPS) is 18.5. The molecule has 1 fully saturated rings. The zero-order chi connectivity index (χ0) is 9.47. The number of rotatable bonds is 2. The van der Waals surface area contributed by atoms with Crippen LogP contribution in [0.2, 0.25) is 0 Å². The minimum Gasteiger partial charge on any atom is -0.316 e. The third kappa shape index (κ3) is 1.70. The lowest BCUT2D eigenvalue weighted by atomic mass is 10.4. The fourth-order valence-corrected chi connectivity index (χ4v) is 2.92. The first-order chi connectivity index (χ1) is 6.09. The van der Waals surface area contributed by atoms with Crippen LogP contribution < -0.4 is 0 Å². The van der Waals surface area contributed by atoms with Gasteiger partial charge in [0.2, 0.25) is 5.16 Å². The minimum atomic E-state index is -3.70. The van der Waals surface area contributed by atoms with Gasteiger partial charge in [0, 0.05) is 34.6 Å². The lowest BCUT2D eigenvalue weighted by molar-refractivity contribution is 0.522. The molecule has 0 aromatic carbocycles. The van der Waals surface area contributed by atoms with Gasteiger partial charge in [0.15, 0.2) is 0 Å². The van der Waals surface area contributed by atoms with Crippen LogP contribution >= 0.6 is 22.4 Å². The van der Waals surface area contributed by atoms with Crippen LogP contribution in [0.5, 0.6) is 0 Å². The number of thioether (sulfide) groups is 1. The Morgan fingerprint density at radius 3 is 2.77 bits per heavy atom. The molecule has 0 N–H and O–H groups in total. The maximum atomic E-state index is 11.0. The largest absolute Gasteiger partial charge is 0.316 e. The molecule has 1 aliphatic rings. The van der Waals surface area contributed by atoms with E-state index in [4.69, 9.17) is 10.7 Å². The molecule has 1 saturated heterocycles.